The first kappa shape index (κ1) is 32.5. The van der Waals surface area contributed by atoms with Gasteiger partial charge in [0.15, 0.2) is 21.2 Å². The molecule has 0 unspecified atom stereocenters. The molecule has 7 nitrogen and oxygen atoms in total. The summed E-state index contributed by atoms with van der Waals surface area (Å²) in [7, 11) is -4.64. The number of hydrogen-bond donors (Lipinski definition) is 4. The first-order valence-corrected chi connectivity index (χ1v) is 15.8. The fraction of sp³-hybridized carbons (Fsp3) is 0.750. The van der Waals surface area contributed by atoms with Crippen LogP contribution in [0.3, 0.4) is 0 Å². The zero-order valence-corrected chi connectivity index (χ0v) is 23.1. The van der Waals surface area contributed by atoms with Crippen LogP contribution >= 0.6 is 29.0 Å². The van der Waals surface area contributed by atoms with Gasteiger partial charge in [-0.3, -0.25) is 3.07 Å². The second-order valence-corrected chi connectivity index (χ2v) is 10.9. The molecule has 0 amide bonds. The number of phenolic OH excluding ortho intramolecular Hbond substituents is 1. The van der Waals surface area contributed by atoms with Gasteiger partial charge in [-0.1, -0.05) is 109 Å². The van der Waals surface area contributed by atoms with Crippen LogP contribution in [0.5, 0.6) is 11.5 Å². The van der Waals surface area contributed by atoms with Gasteiger partial charge in [0.25, 0.3) is 0 Å². The lowest BCUT2D eigenvalue weighted by Gasteiger charge is -2.08. The molecule has 0 aliphatic carbocycles. The second kappa shape index (κ2) is 22.0. The van der Waals surface area contributed by atoms with E-state index in [1.807, 2.05) is 0 Å². The summed E-state index contributed by atoms with van der Waals surface area (Å²) in [5, 5.41) is 9.68. The number of hydrogen-bond acceptors (Lipinski definition) is 4. The van der Waals surface area contributed by atoms with Crippen LogP contribution in [0.15, 0.2) is 18.2 Å². The third kappa shape index (κ3) is 23.0. The van der Waals surface area contributed by atoms with Crippen LogP contribution in [0.25, 0.3) is 0 Å². The Balaban J connectivity index is 0.00000184. The molecule has 0 spiro atoms. The highest BCUT2D eigenvalue weighted by Gasteiger charge is 2.08. The summed E-state index contributed by atoms with van der Waals surface area (Å²) in [6, 6.07) is 5.09. The molecule has 1 rings (SSSR count). The second-order valence-electron chi connectivity index (χ2n) is 8.33. The molecular weight excluding hydrogens is 558 g/mol. The highest BCUT2D eigenvalue weighted by atomic mass is 127. The molecule has 0 saturated heterocycles. The predicted molar refractivity (Wildman–Crippen MR) is 141 cm³/mol. The third-order valence-corrected chi connectivity index (χ3v) is 6.80. The van der Waals surface area contributed by atoms with Crippen molar-refractivity contribution >= 4 is 29.0 Å². The van der Waals surface area contributed by atoms with Crippen LogP contribution in [-0.2, 0) is 7.63 Å². The first-order valence-electron chi connectivity index (χ1n) is 12.3. The average Bonchev–Trinajstić information content (AvgIpc) is 2.75. The molecule has 194 valence electrons. The Bertz CT molecular complexity index is 643. The number of halogens is 1. The van der Waals surface area contributed by atoms with Gasteiger partial charge in [0.1, 0.15) is 15.1 Å². The summed E-state index contributed by atoms with van der Waals surface area (Å²) in [4.78, 5) is 21.6. The molecule has 4 N–H and O–H groups in total. The maximum absolute atomic E-state index is 11.2. The Kier molecular flexibility index (Phi) is 21.6. The van der Waals surface area contributed by atoms with Crippen LogP contribution in [0.2, 0.25) is 0 Å². The van der Waals surface area contributed by atoms with Crippen LogP contribution in [0, 0.1) is 3.57 Å². The molecule has 0 radical (unpaired) electrons. The number of ether oxygens (including phenoxy) is 1. The van der Waals surface area contributed by atoms with Crippen molar-refractivity contribution < 1.29 is 32.2 Å². The van der Waals surface area contributed by atoms with E-state index in [0.29, 0.717) is 15.9 Å². The monoisotopic (exact) mass is 602 g/mol. The van der Waals surface area contributed by atoms with E-state index < -0.39 is 29.0 Å². The van der Waals surface area contributed by atoms with Gasteiger partial charge in [0.2, 0.25) is 0 Å². The van der Waals surface area contributed by atoms with E-state index >= 15 is 0 Å². The molecule has 33 heavy (non-hydrogen) atoms. The number of unbranched alkanes of at least 4 members (excludes halogenated alkanes) is 15. The Morgan fingerprint density at radius 2 is 1.15 bits per heavy atom. The molecule has 0 aliphatic rings. The Morgan fingerprint density at radius 3 is 1.55 bits per heavy atom. The summed E-state index contributed by atoms with van der Waals surface area (Å²) in [5.74, 6) is 0.677. The molecule has 0 aromatic heterocycles. The van der Waals surface area contributed by atoms with E-state index in [9.17, 15) is 8.18 Å². The normalized spacial score (nSPS) is 11.2. The molecule has 0 bridgehead atoms. The lowest BCUT2D eigenvalue weighted by Crippen LogP contribution is -1.99. The smallest absolute Gasteiger partial charge is 0.466 e. The molecule has 0 aliphatic heterocycles. The van der Waals surface area contributed by atoms with Gasteiger partial charge in [0.05, 0.1) is 6.61 Å². The molecule has 9 heteroatoms. The summed E-state index contributed by atoms with van der Waals surface area (Å²) in [5.41, 5.74) is 0. The molecule has 0 saturated carbocycles. The van der Waals surface area contributed by atoms with Crippen LogP contribution in [-0.4, -0.2) is 26.4 Å². The van der Waals surface area contributed by atoms with Gasteiger partial charge in [-0.2, -0.15) is 0 Å². The van der Waals surface area contributed by atoms with Crippen LogP contribution in [0.4, 0.5) is 0 Å². The quantitative estimate of drug-likeness (QED) is 0.0731. The number of benzene rings is 1. The van der Waals surface area contributed by atoms with Gasteiger partial charge in [-0.25, -0.2) is 4.57 Å². The minimum absolute atomic E-state index is 0.0901. The fourth-order valence-corrected chi connectivity index (χ4v) is 4.48. The van der Waals surface area contributed by atoms with Crippen molar-refractivity contribution in [3.05, 3.63) is 21.8 Å². The maximum Gasteiger partial charge on any atom is 0.466 e. The van der Waals surface area contributed by atoms with Crippen molar-refractivity contribution in [2.75, 3.05) is 6.61 Å². The highest BCUT2D eigenvalue weighted by molar-refractivity contribution is 14.1. The van der Waals surface area contributed by atoms with Crippen molar-refractivity contribution in [3.8, 4) is 11.5 Å². The zero-order valence-electron chi connectivity index (χ0n) is 20.1. The van der Waals surface area contributed by atoms with Gasteiger partial charge in [0, 0.05) is 0 Å². The van der Waals surface area contributed by atoms with Crippen LogP contribution in [0.1, 0.15) is 110 Å². The predicted octanol–water partition coefficient (Wildman–Crippen LogP) is 7.59. The number of phenols is 1. The van der Waals surface area contributed by atoms with E-state index in [-0.39, 0.29) is 5.75 Å². The first-order chi connectivity index (χ1) is 15.8. The Labute approximate surface area is 210 Å². The average molecular weight is 602 g/mol. The van der Waals surface area contributed by atoms with E-state index in [0.717, 1.165) is 6.42 Å². The van der Waals surface area contributed by atoms with Crippen molar-refractivity contribution in [2.24, 2.45) is 0 Å². The van der Waals surface area contributed by atoms with E-state index in [1.165, 1.54) is 96.3 Å². The van der Waals surface area contributed by atoms with Crippen LogP contribution < -0.4 is 4.74 Å². The molecule has 0 atom stereocenters. The third-order valence-electron chi connectivity index (χ3n) is 5.28. The van der Waals surface area contributed by atoms with Gasteiger partial charge >= 0.3 is 7.82 Å². The Hall–Kier alpha value is -0.540. The number of rotatable bonds is 19. The summed E-state index contributed by atoms with van der Waals surface area (Å²) in [6.07, 6.45) is 21.7. The van der Waals surface area contributed by atoms with Gasteiger partial charge in [-0.05, 0) is 18.6 Å². The molecular formula is C24H44IO7P. The minimum atomic E-state index is -4.64. The van der Waals surface area contributed by atoms with Crippen molar-refractivity contribution in [2.45, 2.75) is 110 Å². The van der Waals surface area contributed by atoms with E-state index in [2.05, 4.69) is 6.92 Å². The Morgan fingerprint density at radius 1 is 0.758 bits per heavy atom. The van der Waals surface area contributed by atoms with Crippen molar-refractivity contribution in [1.82, 2.24) is 0 Å². The van der Waals surface area contributed by atoms with E-state index in [4.69, 9.17) is 24.0 Å². The maximum atomic E-state index is 11.2. The summed E-state index contributed by atoms with van der Waals surface area (Å²) in [6.45, 7) is 2.92. The molecule has 1 aromatic carbocycles. The SMILES string of the molecule is CCCCCCCCCCCCCCCCCCOc1cccc(O)c1I=O.O=P(O)(O)O. The van der Waals surface area contributed by atoms with Gasteiger partial charge < -0.3 is 24.5 Å². The highest BCUT2D eigenvalue weighted by Crippen LogP contribution is 2.31. The largest absolute Gasteiger partial charge is 0.507 e. The standard InChI is InChI=1S/C24H41IO3.H3O4P/c1-2-3-4-5-6-7-8-9-10-11-12-13-14-15-16-17-21-28-23-20-18-19-22(26)24(23)25-27;1-5(2,3)4/h18-20,26H,2-17,21H2,1H3;(H3,1,2,3,4). The number of aromatic hydroxyl groups is 1. The van der Waals surface area contributed by atoms with E-state index in [1.54, 1.807) is 18.2 Å². The van der Waals surface area contributed by atoms with Crippen molar-refractivity contribution in [3.63, 3.8) is 0 Å². The summed E-state index contributed by atoms with van der Waals surface area (Å²) < 4.78 is 26.3. The minimum Gasteiger partial charge on any atom is -0.507 e. The summed E-state index contributed by atoms with van der Waals surface area (Å²) >= 11 is -1.41. The molecule has 1 aromatic rings. The van der Waals surface area contributed by atoms with Crippen molar-refractivity contribution in [1.29, 1.82) is 0 Å². The molecule has 0 fully saturated rings. The lowest BCUT2D eigenvalue weighted by molar-refractivity contribution is 0.275. The fourth-order valence-electron chi connectivity index (χ4n) is 3.52. The van der Waals surface area contributed by atoms with Gasteiger partial charge in [-0.15, -0.1) is 0 Å². The lowest BCUT2D eigenvalue weighted by atomic mass is 10.0. The zero-order chi connectivity index (χ0) is 24.8. The molecule has 0 heterocycles. The topological polar surface area (TPSA) is 124 Å². The number of phosphoric acid groups is 1.